The predicted molar refractivity (Wildman–Crippen MR) is 96.1 cm³/mol. The first-order valence-electron chi connectivity index (χ1n) is 8.86. The maximum absolute atomic E-state index is 12.6. The standard InChI is InChI=1S/C18H18N4O3S/c1-10-8-12(23)15(11-4-2-6-22(10)11)16-20-17(25-21-16)14-9-19-18(26-14)13-5-3-7-24-13/h8-9,13H,2-7H2,1H3. The third kappa shape index (κ3) is 2.52. The third-order valence-electron chi connectivity index (χ3n) is 5.01. The summed E-state index contributed by atoms with van der Waals surface area (Å²) in [4.78, 5) is 22.3. The van der Waals surface area contributed by atoms with E-state index >= 15 is 0 Å². The van der Waals surface area contributed by atoms with Gasteiger partial charge in [0, 0.05) is 30.6 Å². The van der Waals surface area contributed by atoms with Crippen LogP contribution >= 0.6 is 11.3 Å². The van der Waals surface area contributed by atoms with Crippen molar-refractivity contribution in [2.24, 2.45) is 0 Å². The van der Waals surface area contributed by atoms with E-state index in [1.165, 1.54) is 11.3 Å². The van der Waals surface area contributed by atoms with E-state index in [1.807, 2.05) is 6.92 Å². The highest BCUT2D eigenvalue weighted by Gasteiger charge is 2.25. The molecule has 5 heterocycles. The quantitative estimate of drug-likeness (QED) is 0.704. The SMILES string of the molecule is Cc1cc(=O)c(-c2noc(-c3cnc(C4CCCO4)s3)n2)c2n1CCC2. The monoisotopic (exact) mass is 370 g/mol. The van der Waals surface area contributed by atoms with E-state index in [0.29, 0.717) is 17.3 Å². The topological polar surface area (TPSA) is 83.0 Å². The highest BCUT2D eigenvalue weighted by Crippen LogP contribution is 2.35. The minimum atomic E-state index is -0.0488. The second-order valence-corrected chi connectivity index (χ2v) is 7.78. The summed E-state index contributed by atoms with van der Waals surface area (Å²) in [6.07, 6.45) is 5.76. The number of ether oxygens (including phenoxy) is 1. The fraction of sp³-hybridized carbons (Fsp3) is 0.444. The Morgan fingerprint density at radius 2 is 2.27 bits per heavy atom. The molecule has 2 aliphatic heterocycles. The number of aryl methyl sites for hydroxylation is 1. The van der Waals surface area contributed by atoms with E-state index < -0.39 is 0 Å². The minimum absolute atomic E-state index is 0.0488. The lowest BCUT2D eigenvalue weighted by Crippen LogP contribution is -2.15. The molecule has 7 nitrogen and oxygen atoms in total. The average molecular weight is 370 g/mol. The highest BCUT2D eigenvalue weighted by atomic mass is 32.1. The largest absolute Gasteiger partial charge is 0.371 e. The van der Waals surface area contributed by atoms with Gasteiger partial charge in [0.15, 0.2) is 5.43 Å². The molecule has 134 valence electrons. The van der Waals surface area contributed by atoms with E-state index in [0.717, 1.165) is 60.1 Å². The van der Waals surface area contributed by atoms with Gasteiger partial charge in [0.25, 0.3) is 5.89 Å². The molecule has 2 aliphatic rings. The van der Waals surface area contributed by atoms with Crippen molar-refractivity contribution in [1.29, 1.82) is 0 Å². The van der Waals surface area contributed by atoms with Gasteiger partial charge in [-0.2, -0.15) is 4.98 Å². The predicted octanol–water partition coefficient (Wildman–Crippen LogP) is 3.13. The molecule has 0 aliphatic carbocycles. The molecule has 1 saturated heterocycles. The zero-order chi connectivity index (χ0) is 17.7. The fourth-order valence-electron chi connectivity index (χ4n) is 3.78. The second kappa shape index (κ2) is 6.14. The Morgan fingerprint density at radius 1 is 1.35 bits per heavy atom. The van der Waals surface area contributed by atoms with Gasteiger partial charge >= 0.3 is 0 Å². The van der Waals surface area contributed by atoms with Gasteiger partial charge in [0.1, 0.15) is 16.0 Å². The van der Waals surface area contributed by atoms with Gasteiger partial charge in [-0.05, 0) is 32.6 Å². The number of nitrogens with zero attached hydrogens (tertiary/aromatic N) is 4. The van der Waals surface area contributed by atoms with Gasteiger partial charge in [-0.3, -0.25) is 4.79 Å². The molecule has 0 bridgehead atoms. The lowest BCUT2D eigenvalue weighted by atomic mass is 10.1. The van der Waals surface area contributed by atoms with Gasteiger partial charge in [-0.15, -0.1) is 11.3 Å². The fourth-order valence-corrected chi connectivity index (χ4v) is 4.70. The molecule has 8 heteroatoms. The number of hydrogen-bond acceptors (Lipinski definition) is 7. The number of rotatable bonds is 3. The van der Waals surface area contributed by atoms with Crippen LogP contribution in [0.4, 0.5) is 0 Å². The molecular formula is C18H18N4O3S. The second-order valence-electron chi connectivity index (χ2n) is 6.71. The number of fused-ring (bicyclic) bond motifs is 1. The van der Waals surface area contributed by atoms with Gasteiger partial charge in [-0.1, -0.05) is 5.16 Å². The van der Waals surface area contributed by atoms with Crippen molar-refractivity contribution in [3.8, 4) is 22.2 Å². The van der Waals surface area contributed by atoms with E-state index in [2.05, 4.69) is 19.7 Å². The van der Waals surface area contributed by atoms with Gasteiger partial charge in [-0.25, -0.2) is 4.98 Å². The van der Waals surface area contributed by atoms with Crippen molar-refractivity contribution in [2.45, 2.75) is 45.3 Å². The summed E-state index contributed by atoms with van der Waals surface area (Å²) in [5, 5.41) is 5.02. The molecule has 0 saturated carbocycles. The van der Waals surface area contributed by atoms with Crippen molar-refractivity contribution >= 4 is 11.3 Å². The van der Waals surface area contributed by atoms with Gasteiger partial charge in [0.2, 0.25) is 5.82 Å². The molecule has 0 radical (unpaired) electrons. The molecule has 0 aromatic carbocycles. The van der Waals surface area contributed by atoms with Crippen molar-refractivity contribution < 1.29 is 9.26 Å². The van der Waals surface area contributed by atoms with E-state index in [4.69, 9.17) is 9.26 Å². The van der Waals surface area contributed by atoms with Crippen LogP contribution in [0.5, 0.6) is 0 Å². The molecule has 0 spiro atoms. The Bertz CT molecular complexity index is 1030. The Balaban J connectivity index is 1.52. The Hall–Kier alpha value is -2.32. The van der Waals surface area contributed by atoms with Crippen LogP contribution in [-0.2, 0) is 17.7 Å². The summed E-state index contributed by atoms with van der Waals surface area (Å²) >= 11 is 1.51. The Kier molecular flexibility index (Phi) is 3.75. The van der Waals surface area contributed by atoms with Crippen molar-refractivity contribution in [3.63, 3.8) is 0 Å². The third-order valence-corrected chi connectivity index (χ3v) is 6.09. The smallest absolute Gasteiger partial charge is 0.269 e. The van der Waals surface area contributed by atoms with Gasteiger partial charge in [0.05, 0.1) is 11.8 Å². The molecule has 1 unspecified atom stereocenters. The minimum Gasteiger partial charge on any atom is -0.371 e. The number of pyridine rings is 1. The maximum atomic E-state index is 12.6. The van der Waals surface area contributed by atoms with Crippen LogP contribution in [0.25, 0.3) is 22.2 Å². The first-order valence-corrected chi connectivity index (χ1v) is 9.67. The normalized spacial score (nSPS) is 19.2. The summed E-state index contributed by atoms with van der Waals surface area (Å²) in [5.41, 5.74) is 2.50. The molecule has 3 aromatic heterocycles. The van der Waals surface area contributed by atoms with Gasteiger partial charge < -0.3 is 13.8 Å². The van der Waals surface area contributed by atoms with Crippen molar-refractivity contribution in [2.75, 3.05) is 6.61 Å². The summed E-state index contributed by atoms with van der Waals surface area (Å²) in [6.45, 7) is 3.68. The van der Waals surface area contributed by atoms with Crippen LogP contribution in [0.2, 0.25) is 0 Å². The molecule has 26 heavy (non-hydrogen) atoms. The van der Waals surface area contributed by atoms with Crippen LogP contribution in [0.1, 0.15) is 41.8 Å². The molecule has 5 rings (SSSR count). The lowest BCUT2D eigenvalue weighted by molar-refractivity contribution is 0.111. The lowest BCUT2D eigenvalue weighted by Gasteiger charge is -2.10. The maximum Gasteiger partial charge on any atom is 0.269 e. The summed E-state index contributed by atoms with van der Waals surface area (Å²) in [6, 6.07) is 1.66. The zero-order valence-electron chi connectivity index (χ0n) is 14.4. The first-order chi connectivity index (χ1) is 12.7. The molecule has 3 aromatic rings. The van der Waals surface area contributed by atoms with Crippen molar-refractivity contribution in [3.05, 3.63) is 38.9 Å². The van der Waals surface area contributed by atoms with E-state index in [-0.39, 0.29) is 11.5 Å². The molecule has 1 atom stereocenters. The Morgan fingerprint density at radius 3 is 3.12 bits per heavy atom. The van der Waals surface area contributed by atoms with E-state index in [9.17, 15) is 4.79 Å². The first kappa shape index (κ1) is 15.9. The number of aromatic nitrogens is 4. The van der Waals surface area contributed by atoms with E-state index in [1.54, 1.807) is 12.3 Å². The molecule has 0 N–H and O–H groups in total. The summed E-state index contributed by atoms with van der Waals surface area (Å²) in [7, 11) is 0. The van der Waals surface area contributed by atoms with Crippen LogP contribution < -0.4 is 5.43 Å². The van der Waals surface area contributed by atoms with Crippen LogP contribution in [0, 0.1) is 6.92 Å². The molecular weight excluding hydrogens is 352 g/mol. The summed E-state index contributed by atoms with van der Waals surface area (Å²) < 4.78 is 13.3. The number of hydrogen-bond donors (Lipinski definition) is 0. The highest BCUT2D eigenvalue weighted by molar-refractivity contribution is 7.15. The zero-order valence-corrected chi connectivity index (χ0v) is 15.2. The van der Waals surface area contributed by atoms with Crippen LogP contribution in [0.3, 0.4) is 0 Å². The molecule has 0 amide bonds. The molecule has 1 fully saturated rings. The van der Waals surface area contributed by atoms with Crippen LogP contribution in [0.15, 0.2) is 21.6 Å². The average Bonchev–Trinajstić information content (AvgIpc) is 3.39. The summed E-state index contributed by atoms with van der Waals surface area (Å²) in [5.74, 6) is 0.765. The van der Waals surface area contributed by atoms with Crippen LogP contribution in [-0.4, -0.2) is 26.3 Å². The van der Waals surface area contributed by atoms with Crippen molar-refractivity contribution in [1.82, 2.24) is 19.7 Å². The number of thiazole rings is 1. The Labute approximate surface area is 153 Å².